The highest BCUT2D eigenvalue weighted by atomic mass is 16.6. The molecule has 0 aromatic rings. The molecule has 2 saturated carbocycles. The van der Waals surface area contributed by atoms with Gasteiger partial charge in [-0.2, -0.15) is 0 Å². The molecule has 3 rings (SSSR count). The van der Waals surface area contributed by atoms with Crippen LogP contribution in [-0.2, 0) is 19.1 Å². The Morgan fingerprint density at radius 2 is 2.03 bits per heavy atom. The normalized spacial score (nSPS) is 37.7. The minimum Gasteiger partial charge on any atom is -0.458 e. The third kappa shape index (κ3) is 5.22. The van der Waals surface area contributed by atoms with E-state index < -0.39 is 23.6 Å². The van der Waals surface area contributed by atoms with Gasteiger partial charge >= 0.3 is 11.9 Å². The van der Waals surface area contributed by atoms with Gasteiger partial charge in [-0.15, -0.1) is 0 Å². The summed E-state index contributed by atoms with van der Waals surface area (Å²) in [6.07, 6.45) is 8.93. The van der Waals surface area contributed by atoms with E-state index in [0.29, 0.717) is 24.8 Å². The van der Waals surface area contributed by atoms with Crippen LogP contribution in [0.25, 0.3) is 0 Å². The van der Waals surface area contributed by atoms with Crippen molar-refractivity contribution < 1.29 is 29.3 Å². The van der Waals surface area contributed by atoms with Gasteiger partial charge in [0, 0.05) is 11.8 Å². The summed E-state index contributed by atoms with van der Waals surface area (Å²) in [5, 5.41) is 20.8. The lowest BCUT2D eigenvalue weighted by Gasteiger charge is -2.59. The van der Waals surface area contributed by atoms with Crippen molar-refractivity contribution in [3.8, 4) is 0 Å². The first-order chi connectivity index (χ1) is 15.7. The Balaban J connectivity index is 1.72. The van der Waals surface area contributed by atoms with Crippen LogP contribution in [0, 0.1) is 22.7 Å². The van der Waals surface area contributed by atoms with Gasteiger partial charge in [-0.05, 0) is 55.8 Å². The van der Waals surface area contributed by atoms with Gasteiger partial charge < -0.3 is 19.7 Å². The lowest BCUT2D eigenvalue weighted by Crippen LogP contribution is -2.57. The van der Waals surface area contributed by atoms with Crippen molar-refractivity contribution in [3.63, 3.8) is 0 Å². The molecule has 3 aliphatic rings. The van der Waals surface area contributed by atoms with E-state index in [-0.39, 0.29) is 36.4 Å². The second kappa shape index (κ2) is 10.7. The number of ether oxygens (including phenoxy) is 2. The van der Waals surface area contributed by atoms with Gasteiger partial charge in [0.15, 0.2) is 6.10 Å². The summed E-state index contributed by atoms with van der Waals surface area (Å²) in [5.74, 6) is -0.406. The molecule has 3 fully saturated rings. The molecule has 0 aromatic carbocycles. The average molecular weight is 463 g/mol. The molecule has 186 valence electrons. The van der Waals surface area contributed by atoms with E-state index in [0.717, 1.165) is 50.5 Å². The smallest absolute Gasteiger partial charge is 0.337 e. The summed E-state index contributed by atoms with van der Waals surface area (Å²) in [5.41, 5.74) is 0.910. The van der Waals surface area contributed by atoms with Crippen LogP contribution < -0.4 is 0 Å². The highest BCUT2D eigenvalue weighted by Gasteiger charge is 2.57. The van der Waals surface area contributed by atoms with Crippen LogP contribution >= 0.6 is 0 Å². The summed E-state index contributed by atoms with van der Waals surface area (Å²) in [7, 11) is 0. The first-order valence-corrected chi connectivity index (χ1v) is 12.7. The molecule has 6 nitrogen and oxygen atoms in total. The van der Waals surface area contributed by atoms with E-state index in [1.54, 1.807) is 0 Å². The SMILES string of the molecule is C=C1CCC2[C@](C)(CO)[C@H](O)CC[C@@]2(C)[C@@H]1C/C=C1/C(=O)OC[C@H]1OC(=O)CCCCCC. The molecule has 0 bridgehead atoms. The molecule has 6 atom stereocenters. The number of cyclic esters (lactones) is 1. The third-order valence-electron chi connectivity index (χ3n) is 8.72. The Kier molecular flexibility index (Phi) is 8.44. The second-order valence-electron chi connectivity index (χ2n) is 10.8. The summed E-state index contributed by atoms with van der Waals surface area (Å²) >= 11 is 0. The van der Waals surface area contributed by atoms with E-state index >= 15 is 0 Å². The average Bonchev–Trinajstić information content (AvgIpc) is 3.12. The number of rotatable bonds is 9. The highest BCUT2D eigenvalue weighted by molar-refractivity contribution is 5.92. The minimum absolute atomic E-state index is 0.0443. The molecular formula is C27H42O6. The number of hydrogen-bond acceptors (Lipinski definition) is 6. The van der Waals surface area contributed by atoms with Crippen LogP contribution in [0.2, 0.25) is 0 Å². The van der Waals surface area contributed by atoms with Gasteiger partial charge in [-0.3, -0.25) is 4.79 Å². The maximum absolute atomic E-state index is 12.4. The quantitative estimate of drug-likeness (QED) is 0.227. The van der Waals surface area contributed by atoms with Gasteiger partial charge in [-0.25, -0.2) is 4.79 Å². The lowest BCUT2D eigenvalue weighted by atomic mass is 9.46. The predicted molar refractivity (Wildman–Crippen MR) is 126 cm³/mol. The molecule has 1 heterocycles. The van der Waals surface area contributed by atoms with Gasteiger partial charge in [0.2, 0.25) is 0 Å². The number of aliphatic hydroxyl groups excluding tert-OH is 2. The van der Waals surface area contributed by atoms with Crippen molar-refractivity contribution in [2.45, 2.75) is 97.2 Å². The van der Waals surface area contributed by atoms with Crippen LogP contribution in [-0.4, -0.2) is 47.6 Å². The van der Waals surface area contributed by atoms with Crippen LogP contribution in [0.4, 0.5) is 0 Å². The maximum atomic E-state index is 12.4. The maximum Gasteiger partial charge on any atom is 0.337 e. The zero-order valence-electron chi connectivity index (χ0n) is 20.6. The number of carbonyl (C=O) groups excluding carboxylic acids is 2. The molecule has 0 amide bonds. The van der Waals surface area contributed by atoms with Crippen molar-refractivity contribution >= 4 is 11.9 Å². The van der Waals surface area contributed by atoms with E-state index in [9.17, 15) is 19.8 Å². The van der Waals surface area contributed by atoms with Crippen LogP contribution in [0.3, 0.4) is 0 Å². The van der Waals surface area contributed by atoms with Gasteiger partial charge in [0.25, 0.3) is 0 Å². The standard InChI is InChI=1S/C27H42O6/c1-5-6-7-8-9-24(30)33-21-16-32-25(31)19(21)11-12-20-18(2)10-13-22-26(20,3)15-14-23(29)27(22,4)17-28/h11,20-23,28-29H,2,5-10,12-17H2,1,3-4H3/b19-11+/t20-,21-,22?,23-,26+,27+/m1/s1. The van der Waals surface area contributed by atoms with Crippen molar-refractivity contribution in [2.24, 2.45) is 22.7 Å². The molecule has 1 saturated heterocycles. The van der Waals surface area contributed by atoms with Crippen molar-refractivity contribution in [3.05, 3.63) is 23.8 Å². The minimum atomic E-state index is -0.646. The number of unbranched alkanes of at least 4 members (excludes halogenated alkanes) is 3. The Bertz CT molecular complexity index is 773. The van der Waals surface area contributed by atoms with Gasteiger partial charge in [0.1, 0.15) is 6.61 Å². The zero-order chi connectivity index (χ0) is 24.2. The molecule has 1 aliphatic heterocycles. The summed E-state index contributed by atoms with van der Waals surface area (Å²) in [4.78, 5) is 24.7. The summed E-state index contributed by atoms with van der Waals surface area (Å²) < 4.78 is 10.8. The molecule has 2 N–H and O–H groups in total. The number of aliphatic hydroxyl groups is 2. The zero-order valence-corrected chi connectivity index (χ0v) is 20.6. The molecule has 0 radical (unpaired) electrons. The van der Waals surface area contributed by atoms with Gasteiger partial charge in [0.05, 0.1) is 18.3 Å². The first kappa shape index (κ1) is 26.0. The molecule has 1 unspecified atom stereocenters. The van der Waals surface area contributed by atoms with Crippen molar-refractivity contribution in [1.29, 1.82) is 0 Å². The topological polar surface area (TPSA) is 93.1 Å². The lowest BCUT2D eigenvalue weighted by molar-refractivity contribution is -0.151. The van der Waals surface area contributed by atoms with E-state index in [1.807, 2.05) is 13.0 Å². The molecule has 33 heavy (non-hydrogen) atoms. The highest BCUT2D eigenvalue weighted by Crippen LogP contribution is 2.61. The fourth-order valence-corrected chi connectivity index (χ4v) is 6.56. The fourth-order valence-electron chi connectivity index (χ4n) is 6.56. The fraction of sp³-hybridized carbons (Fsp3) is 0.778. The van der Waals surface area contributed by atoms with Crippen molar-refractivity contribution in [2.75, 3.05) is 13.2 Å². The number of hydrogen-bond donors (Lipinski definition) is 2. The van der Waals surface area contributed by atoms with Crippen molar-refractivity contribution in [1.82, 2.24) is 0 Å². The summed E-state index contributed by atoms with van der Waals surface area (Å²) in [6.45, 7) is 10.7. The van der Waals surface area contributed by atoms with Gasteiger partial charge in [-0.1, -0.05) is 58.3 Å². The molecular weight excluding hydrogens is 420 g/mol. The molecule has 0 aromatic heterocycles. The number of fused-ring (bicyclic) bond motifs is 1. The number of allylic oxidation sites excluding steroid dienone is 2. The van der Waals surface area contributed by atoms with E-state index in [4.69, 9.17) is 9.47 Å². The largest absolute Gasteiger partial charge is 0.458 e. The monoisotopic (exact) mass is 462 g/mol. The molecule has 2 aliphatic carbocycles. The molecule has 0 spiro atoms. The Morgan fingerprint density at radius 3 is 2.73 bits per heavy atom. The third-order valence-corrected chi connectivity index (χ3v) is 8.72. The Labute approximate surface area is 198 Å². The number of carbonyl (C=O) groups is 2. The molecule has 6 heteroatoms. The van der Waals surface area contributed by atoms with Crippen LogP contribution in [0.1, 0.15) is 85.0 Å². The first-order valence-electron chi connectivity index (χ1n) is 12.7. The Morgan fingerprint density at radius 1 is 1.27 bits per heavy atom. The van der Waals surface area contributed by atoms with E-state index in [1.165, 1.54) is 0 Å². The Hall–Kier alpha value is -1.66. The summed E-state index contributed by atoms with van der Waals surface area (Å²) in [6, 6.07) is 0. The van der Waals surface area contributed by atoms with Crippen LogP contribution in [0.15, 0.2) is 23.8 Å². The van der Waals surface area contributed by atoms with E-state index in [2.05, 4.69) is 20.4 Å². The second-order valence-corrected chi connectivity index (χ2v) is 10.8. The number of esters is 2. The predicted octanol–water partition coefficient (Wildman–Crippen LogP) is 4.48. The van der Waals surface area contributed by atoms with Crippen LogP contribution in [0.5, 0.6) is 0 Å².